The third kappa shape index (κ3) is 48.9. The van der Waals surface area contributed by atoms with Crippen molar-refractivity contribution in [2.75, 3.05) is 0 Å². The normalized spacial score (nSPS) is 12.0. The molecular weight excluding hydrogens is 127 g/mol. The molecule has 0 aliphatic carbocycles. The largest absolute Gasteiger partial charge is 0.170 e. The fourth-order valence-electron chi connectivity index (χ4n) is 0. The predicted molar refractivity (Wildman–Crippen MR) is 27.7 cm³/mol. The van der Waals surface area contributed by atoms with Crippen LogP contribution in [0.4, 0.5) is 0 Å². The molecule has 0 aromatic heterocycles. The quantitative estimate of drug-likeness (QED) is 0.441. The predicted octanol–water partition coefficient (Wildman–Crippen LogP) is 2.34. The molecule has 0 aromatic carbocycles. The van der Waals surface area contributed by atoms with Gasteiger partial charge in [-0.1, -0.05) is 35.8 Å². The third-order valence-corrected chi connectivity index (χ3v) is 0. The van der Waals surface area contributed by atoms with Crippen molar-refractivity contribution in [3.63, 3.8) is 0 Å². The van der Waals surface area contributed by atoms with Crippen LogP contribution in [0.25, 0.3) is 0 Å². The summed E-state index contributed by atoms with van der Waals surface area (Å²) in [5.74, 6) is 0. The molecule has 0 fully saturated rings. The standard InChI is InChI=1S/C2H3Cl2S/c1-2(3,4)5/h1H3. The summed E-state index contributed by atoms with van der Waals surface area (Å²) in [5, 5.41) is 0. The van der Waals surface area contributed by atoms with E-state index in [2.05, 4.69) is 12.6 Å². The summed E-state index contributed by atoms with van der Waals surface area (Å²) in [5.41, 5.74) is 0. The van der Waals surface area contributed by atoms with E-state index in [9.17, 15) is 0 Å². The fraction of sp³-hybridized carbons (Fsp3) is 1.00. The maximum atomic E-state index is 5.11. The topological polar surface area (TPSA) is 0 Å². The van der Waals surface area contributed by atoms with E-state index in [0.29, 0.717) is 0 Å². The SMILES string of the molecule is CC([S])(Cl)Cl. The van der Waals surface area contributed by atoms with E-state index < -0.39 is 3.67 Å². The van der Waals surface area contributed by atoms with E-state index in [1.54, 1.807) is 0 Å². The smallest absolute Gasteiger partial charge is 0.0888 e. The van der Waals surface area contributed by atoms with E-state index in [-0.39, 0.29) is 0 Å². The number of hydrogen-bond acceptors (Lipinski definition) is 0. The summed E-state index contributed by atoms with van der Waals surface area (Å²) >= 11 is 14.6. The second-order valence-electron chi connectivity index (χ2n) is 0.808. The van der Waals surface area contributed by atoms with Crippen molar-refractivity contribution in [3.8, 4) is 0 Å². The van der Waals surface area contributed by atoms with Crippen molar-refractivity contribution in [2.45, 2.75) is 10.6 Å². The van der Waals surface area contributed by atoms with Crippen molar-refractivity contribution in [3.05, 3.63) is 0 Å². The van der Waals surface area contributed by atoms with Gasteiger partial charge in [0, 0.05) is 0 Å². The Morgan fingerprint density at radius 1 is 1.60 bits per heavy atom. The Kier molecular flexibility index (Phi) is 1.88. The first-order valence-corrected chi connectivity index (χ1v) is 2.25. The lowest BCUT2D eigenvalue weighted by atomic mass is 10.9. The molecule has 0 heterocycles. The first-order valence-electron chi connectivity index (χ1n) is 1.08. The van der Waals surface area contributed by atoms with Gasteiger partial charge in [0.05, 0.1) is 0 Å². The number of hydrogen-bond donors (Lipinski definition) is 0. The summed E-state index contributed by atoms with van der Waals surface area (Å²) in [4.78, 5) is 0. The van der Waals surface area contributed by atoms with Gasteiger partial charge in [0.1, 0.15) is 0 Å². The van der Waals surface area contributed by atoms with Gasteiger partial charge in [0.15, 0.2) is 3.67 Å². The number of alkyl halides is 2. The van der Waals surface area contributed by atoms with E-state index >= 15 is 0 Å². The molecule has 0 saturated carbocycles. The minimum Gasteiger partial charge on any atom is -0.0888 e. The van der Waals surface area contributed by atoms with Crippen molar-refractivity contribution in [1.29, 1.82) is 0 Å². The third-order valence-electron chi connectivity index (χ3n) is 0. The summed E-state index contributed by atoms with van der Waals surface area (Å²) in [7, 11) is 0. The summed E-state index contributed by atoms with van der Waals surface area (Å²) in [6.07, 6.45) is 0. The Morgan fingerprint density at radius 3 is 1.60 bits per heavy atom. The number of rotatable bonds is 0. The Balaban J connectivity index is 3.02. The Labute approximate surface area is 46.9 Å². The lowest BCUT2D eigenvalue weighted by Gasteiger charge is -1.95. The molecule has 0 aromatic rings. The van der Waals surface area contributed by atoms with Crippen LogP contribution in [0.1, 0.15) is 6.92 Å². The molecule has 0 nitrogen and oxygen atoms in total. The summed E-state index contributed by atoms with van der Waals surface area (Å²) in [6.45, 7) is 1.53. The second-order valence-corrected chi connectivity index (χ2v) is 3.78. The van der Waals surface area contributed by atoms with E-state index in [1.807, 2.05) is 0 Å². The van der Waals surface area contributed by atoms with Gasteiger partial charge in [-0.3, -0.25) is 0 Å². The van der Waals surface area contributed by atoms with Gasteiger partial charge in [0.2, 0.25) is 0 Å². The van der Waals surface area contributed by atoms with Gasteiger partial charge < -0.3 is 0 Å². The van der Waals surface area contributed by atoms with Crippen LogP contribution in [0.15, 0.2) is 0 Å². The molecule has 0 N–H and O–H groups in total. The van der Waals surface area contributed by atoms with Gasteiger partial charge in [0.25, 0.3) is 0 Å². The first kappa shape index (κ1) is 5.93. The van der Waals surface area contributed by atoms with E-state index in [0.717, 1.165) is 0 Å². The highest BCUT2D eigenvalue weighted by Gasteiger charge is 2.06. The van der Waals surface area contributed by atoms with Crippen molar-refractivity contribution in [1.82, 2.24) is 0 Å². The van der Waals surface area contributed by atoms with E-state index in [1.165, 1.54) is 6.92 Å². The van der Waals surface area contributed by atoms with Gasteiger partial charge in [-0.15, -0.1) is 0 Å². The van der Waals surface area contributed by atoms with Crippen LogP contribution in [0.2, 0.25) is 0 Å². The van der Waals surface area contributed by atoms with Gasteiger partial charge >= 0.3 is 0 Å². The Hall–Kier alpha value is 0.930. The summed E-state index contributed by atoms with van der Waals surface area (Å²) in [6, 6.07) is 0. The van der Waals surface area contributed by atoms with Gasteiger partial charge in [-0.25, -0.2) is 0 Å². The zero-order valence-corrected chi connectivity index (χ0v) is 4.99. The van der Waals surface area contributed by atoms with Crippen LogP contribution in [-0.2, 0) is 0 Å². The Morgan fingerprint density at radius 2 is 1.60 bits per heavy atom. The van der Waals surface area contributed by atoms with Crippen LogP contribution < -0.4 is 0 Å². The average molecular weight is 130 g/mol. The molecule has 0 amide bonds. The summed E-state index contributed by atoms with van der Waals surface area (Å²) < 4.78 is -0.972. The molecule has 0 spiro atoms. The number of halogens is 2. The molecule has 5 heavy (non-hydrogen) atoms. The van der Waals surface area contributed by atoms with Crippen molar-refractivity contribution >= 4 is 35.8 Å². The molecule has 0 aliphatic rings. The lowest BCUT2D eigenvalue weighted by molar-refractivity contribution is 1.30. The minimum absolute atomic E-state index is 0.972. The van der Waals surface area contributed by atoms with Crippen LogP contribution in [0.5, 0.6) is 0 Å². The molecule has 0 bridgehead atoms. The van der Waals surface area contributed by atoms with Crippen LogP contribution in [0.3, 0.4) is 0 Å². The Bertz CT molecular complexity index is 23.1. The zero-order chi connectivity index (χ0) is 4.50. The van der Waals surface area contributed by atoms with Crippen LogP contribution >= 0.6 is 35.8 Å². The van der Waals surface area contributed by atoms with Gasteiger partial charge in [-0.05, 0) is 6.92 Å². The second kappa shape index (κ2) is 1.59. The average Bonchev–Trinajstić information content (AvgIpc) is 0.722. The highest BCUT2D eigenvalue weighted by atomic mass is 35.5. The molecule has 0 atom stereocenters. The highest BCUT2D eigenvalue weighted by Crippen LogP contribution is 2.22. The highest BCUT2D eigenvalue weighted by molar-refractivity contribution is 7.85. The fourth-order valence-corrected chi connectivity index (χ4v) is 0. The molecule has 0 unspecified atom stereocenters. The van der Waals surface area contributed by atoms with Crippen molar-refractivity contribution in [2.24, 2.45) is 0 Å². The molecule has 31 valence electrons. The molecule has 3 heteroatoms. The molecule has 0 saturated heterocycles. The van der Waals surface area contributed by atoms with Crippen LogP contribution in [0, 0.1) is 0 Å². The van der Waals surface area contributed by atoms with Gasteiger partial charge in [-0.2, -0.15) is 0 Å². The van der Waals surface area contributed by atoms with Crippen LogP contribution in [-0.4, -0.2) is 3.67 Å². The maximum Gasteiger partial charge on any atom is 0.170 e. The monoisotopic (exact) mass is 129 g/mol. The molecule has 0 rings (SSSR count). The minimum atomic E-state index is -0.972. The molecule has 1 radical (unpaired) electrons. The maximum absolute atomic E-state index is 5.11. The molecular formula is C2H3Cl2S. The lowest BCUT2D eigenvalue weighted by Crippen LogP contribution is -1.87. The van der Waals surface area contributed by atoms with E-state index in [4.69, 9.17) is 23.2 Å². The van der Waals surface area contributed by atoms with Crippen molar-refractivity contribution < 1.29 is 0 Å². The zero-order valence-electron chi connectivity index (χ0n) is 2.66. The first-order chi connectivity index (χ1) is 2.00. The molecule has 0 aliphatic heterocycles.